The number of rotatable bonds is 6. The van der Waals surface area contributed by atoms with Crippen molar-refractivity contribution in [1.29, 1.82) is 5.26 Å². The third-order valence-electron chi connectivity index (χ3n) is 3.09. The van der Waals surface area contributed by atoms with E-state index in [9.17, 15) is 0 Å². The van der Waals surface area contributed by atoms with Crippen LogP contribution in [0.1, 0.15) is 33.1 Å². The van der Waals surface area contributed by atoms with Crippen LogP contribution in [0, 0.1) is 16.7 Å². The molecule has 0 aliphatic carbocycles. The van der Waals surface area contributed by atoms with Crippen LogP contribution < -0.4 is 10.6 Å². The van der Waals surface area contributed by atoms with Gasteiger partial charge in [-0.05, 0) is 32.8 Å². The molecule has 0 aromatic carbocycles. The molecule has 0 bridgehead atoms. The van der Waals surface area contributed by atoms with Crippen molar-refractivity contribution in [2.45, 2.75) is 33.1 Å². The lowest BCUT2D eigenvalue weighted by atomic mass is 9.89. The van der Waals surface area contributed by atoms with Crippen LogP contribution in [-0.2, 0) is 0 Å². The summed E-state index contributed by atoms with van der Waals surface area (Å²) in [6, 6.07) is 4.25. The third kappa shape index (κ3) is 4.25. The Morgan fingerprint density at radius 2 is 2.17 bits per heavy atom. The number of anilines is 2. The van der Waals surface area contributed by atoms with Crippen LogP contribution in [0.4, 0.5) is 11.4 Å². The first-order chi connectivity index (χ1) is 8.46. The number of pyridine rings is 1. The highest BCUT2D eigenvalue weighted by molar-refractivity contribution is 5.65. The molecule has 1 heterocycles. The van der Waals surface area contributed by atoms with Crippen molar-refractivity contribution in [2.24, 2.45) is 5.41 Å². The molecule has 1 aromatic rings. The molecular formula is C14H22N4. The number of nitrogens with two attached hydrogens (primary N) is 1. The molecule has 2 N–H and O–H groups in total. The quantitative estimate of drug-likeness (QED) is 0.784. The second-order valence-electron chi connectivity index (χ2n) is 5.31. The lowest BCUT2D eigenvalue weighted by Crippen LogP contribution is -2.20. The molecule has 4 nitrogen and oxygen atoms in total. The number of unbranched alkanes of at least 4 members (excludes halogenated alkanes) is 1. The first-order valence-electron chi connectivity index (χ1n) is 6.28. The van der Waals surface area contributed by atoms with Gasteiger partial charge in [0.1, 0.15) is 0 Å². The first kappa shape index (κ1) is 14.3. The fraction of sp³-hybridized carbons (Fsp3) is 0.571. The van der Waals surface area contributed by atoms with Gasteiger partial charge in [-0.3, -0.25) is 4.98 Å². The van der Waals surface area contributed by atoms with Gasteiger partial charge in [-0.1, -0.05) is 6.42 Å². The monoisotopic (exact) mass is 246 g/mol. The smallest absolute Gasteiger partial charge is 0.0738 e. The summed E-state index contributed by atoms with van der Waals surface area (Å²) in [5, 5.41) is 8.93. The summed E-state index contributed by atoms with van der Waals surface area (Å²) in [5.41, 5.74) is 7.38. The summed E-state index contributed by atoms with van der Waals surface area (Å²) in [6.07, 6.45) is 6.47. The fourth-order valence-electron chi connectivity index (χ4n) is 1.84. The van der Waals surface area contributed by atoms with Crippen molar-refractivity contribution in [3.8, 4) is 6.07 Å². The molecule has 0 aliphatic rings. The highest BCUT2D eigenvalue weighted by Gasteiger charge is 2.15. The van der Waals surface area contributed by atoms with Gasteiger partial charge in [-0.2, -0.15) is 5.26 Å². The zero-order valence-electron chi connectivity index (χ0n) is 11.5. The highest BCUT2D eigenvalue weighted by Crippen LogP contribution is 2.23. The Labute approximate surface area is 109 Å². The molecule has 0 saturated carbocycles. The van der Waals surface area contributed by atoms with Gasteiger partial charge in [0.2, 0.25) is 0 Å². The zero-order chi connectivity index (χ0) is 13.6. The molecule has 0 fully saturated rings. The average Bonchev–Trinajstić information content (AvgIpc) is 2.35. The zero-order valence-corrected chi connectivity index (χ0v) is 11.5. The average molecular weight is 246 g/mol. The maximum atomic E-state index is 8.93. The predicted octanol–water partition coefficient (Wildman–Crippen LogP) is 2.82. The number of nitriles is 1. The van der Waals surface area contributed by atoms with Crippen molar-refractivity contribution in [3.05, 3.63) is 18.5 Å². The summed E-state index contributed by atoms with van der Waals surface area (Å²) in [6.45, 7) is 4.91. The minimum absolute atomic E-state index is 0.214. The van der Waals surface area contributed by atoms with Gasteiger partial charge < -0.3 is 10.6 Å². The van der Waals surface area contributed by atoms with Crippen LogP contribution in [0.25, 0.3) is 0 Å². The van der Waals surface area contributed by atoms with Crippen molar-refractivity contribution in [2.75, 3.05) is 24.2 Å². The van der Waals surface area contributed by atoms with Crippen LogP contribution in [0.3, 0.4) is 0 Å². The van der Waals surface area contributed by atoms with Gasteiger partial charge in [0.05, 0.1) is 29.1 Å². The molecular weight excluding hydrogens is 224 g/mol. The highest BCUT2D eigenvalue weighted by atomic mass is 15.1. The standard InChI is InChI=1S/C14H22N4/c1-14(2,11-15)7-4-5-9-18(3)13-6-8-17-10-12(13)16/h6,8,10H,4-5,7,9,16H2,1-3H3. The molecule has 0 spiro atoms. The van der Waals surface area contributed by atoms with Crippen molar-refractivity contribution >= 4 is 11.4 Å². The molecule has 0 unspecified atom stereocenters. The van der Waals surface area contributed by atoms with Crippen LogP contribution >= 0.6 is 0 Å². The van der Waals surface area contributed by atoms with E-state index in [0.29, 0.717) is 5.69 Å². The summed E-state index contributed by atoms with van der Waals surface area (Å²) in [7, 11) is 2.03. The van der Waals surface area contributed by atoms with E-state index in [0.717, 1.165) is 31.5 Å². The lowest BCUT2D eigenvalue weighted by molar-refractivity contribution is 0.427. The largest absolute Gasteiger partial charge is 0.396 e. The Bertz CT molecular complexity index is 420. The SMILES string of the molecule is CN(CCCCC(C)(C)C#N)c1ccncc1N. The van der Waals surface area contributed by atoms with E-state index in [4.69, 9.17) is 11.0 Å². The fourth-order valence-corrected chi connectivity index (χ4v) is 1.84. The molecule has 0 atom stereocenters. The van der Waals surface area contributed by atoms with E-state index < -0.39 is 0 Å². The minimum Gasteiger partial charge on any atom is -0.396 e. The van der Waals surface area contributed by atoms with Crippen LogP contribution in [0.5, 0.6) is 0 Å². The van der Waals surface area contributed by atoms with E-state index in [1.807, 2.05) is 27.0 Å². The first-order valence-corrected chi connectivity index (χ1v) is 6.28. The van der Waals surface area contributed by atoms with Gasteiger partial charge in [0, 0.05) is 19.8 Å². The van der Waals surface area contributed by atoms with E-state index in [2.05, 4.69) is 16.0 Å². The van der Waals surface area contributed by atoms with Gasteiger partial charge in [0.25, 0.3) is 0 Å². The molecule has 1 rings (SSSR count). The van der Waals surface area contributed by atoms with Gasteiger partial charge in [-0.25, -0.2) is 0 Å². The minimum atomic E-state index is -0.214. The Balaban J connectivity index is 2.37. The molecule has 0 radical (unpaired) electrons. The topological polar surface area (TPSA) is 65.9 Å². The molecule has 98 valence electrons. The van der Waals surface area contributed by atoms with Crippen LogP contribution in [0.15, 0.2) is 18.5 Å². The number of hydrogen-bond acceptors (Lipinski definition) is 4. The number of nitrogen functional groups attached to an aromatic ring is 1. The lowest BCUT2D eigenvalue weighted by Gasteiger charge is -2.21. The van der Waals surface area contributed by atoms with Crippen LogP contribution in [0.2, 0.25) is 0 Å². The third-order valence-corrected chi connectivity index (χ3v) is 3.09. The van der Waals surface area contributed by atoms with Gasteiger partial charge >= 0.3 is 0 Å². The van der Waals surface area contributed by atoms with E-state index >= 15 is 0 Å². The Hall–Kier alpha value is -1.76. The van der Waals surface area contributed by atoms with Crippen molar-refractivity contribution < 1.29 is 0 Å². The van der Waals surface area contributed by atoms with E-state index in [1.165, 1.54) is 0 Å². The van der Waals surface area contributed by atoms with Crippen LogP contribution in [-0.4, -0.2) is 18.6 Å². The summed E-state index contributed by atoms with van der Waals surface area (Å²) in [5.74, 6) is 0. The second kappa shape index (κ2) is 6.25. The van der Waals surface area contributed by atoms with Crippen molar-refractivity contribution in [3.63, 3.8) is 0 Å². The molecule has 0 amide bonds. The Morgan fingerprint density at radius 3 is 2.78 bits per heavy atom. The number of hydrogen-bond donors (Lipinski definition) is 1. The predicted molar refractivity (Wildman–Crippen MR) is 75.2 cm³/mol. The van der Waals surface area contributed by atoms with E-state index in [1.54, 1.807) is 12.4 Å². The summed E-state index contributed by atoms with van der Waals surface area (Å²) < 4.78 is 0. The Kier molecular flexibility index (Phi) is 4.96. The van der Waals surface area contributed by atoms with Gasteiger partial charge in [-0.15, -0.1) is 0 Å². The maximum Gasteiger partial charge on any atom is 0.0738 e. The molecule has 0 aliphatic heterocycles. The molecule has 18 heavy (non-hydrogen) atoms. The normalized spacial score (nSPS) is 11.0. The number of nitrogens with zero attached hydrogens (tertiary/aromatic N) is 3. The van der Waals surface area contributed by atoms with E-state index in [-0.39, 0.29) is 5.41 Å². The second-order valence-corrected chi connectivity index (χ2v) is 5.31. The molecule has 1 aromatic heterocycles. The summed E-state index contributed by atoms with van der Waals surface area (Å²) >= 11 is 0. The summed E-state index contributed by atoms with van der Waals surface area (Å²) in [4.78, 5) is 6.11. The molecule has 0 saturated heterocycles. The maximum absolute atomic E-state index is 8.93. The van der Waals surface area contributed by atoms with Crippen molar-refractivity contribution in [1.82, 2.24) is 4.98 Å². The number of aromatic nitrogens is 1. The Morgan fingerprint density at radius 1 is 1.44 bits per heavy atom. The van der Waals surface area contributed by atoms with Gasteiger partial charge in [0.15, 0.2) is 0 Å². The molecule has 4 heteroatoms.